The van der Waals surface area contributed by atoms with Gasteiger partial charge < -0.3 is 5.84 Å². The molecule has 0 unspecified atom stereocenters. The normalized spacial score (nSPS) is 10.7. The summed E-state index contributed by atoms with van der Waals surface area (Å²) < 4.78 is 12.9. The van der Waals surface area contributed by atoms with Gasteiger partial charge in [-0.1, -0.05) is 12.1 Å². The van der Waals surface area contributed by atoms with Crippen LogP contribution in [0.4, 0.5) is 4.39 Å². The van der Waals surface area contributed by atoms with Crippen molar-refractivity contribution in [1.82, 2.24) is 0 Å². The third kappa shape index (κ3) is 1.77. The highest BCUT2D eigenvalue weighted by molar-refractivity contribution is 5.79. The molecule has 0 aliphatic rings. The number of hydrogen-bond donors (Lipinski definition) is 1. The lowest BCUT2D eigenvalue weighted by Crippen LogP contribution is -1.91. The van der Waals surface area contributed by atoms with Gasteiger partial charge >= 0.3 is 0 Å². The van der Waals surface area contributed by atoms with Crippen LogP contribution in [0.3, 0.4) is 0 Å². The van der Waals surface area contributed by atoms with E-state index >= 15 is 0 Å². The van der Waals surface area contributed by atoms with E-state index in [9.17, 15) is 4.39 Å². The molecule has 0 amide bonds. The van der Waals surface area contributed by atoms with Crippen LogP contribution >= 0.6 is 0 Å². The molecule has 0 atom stereocenters. The van der Waals surface area contributed by atoms with Crippen LogP contribution in [0.25, 0.3) is 0 Å². The van der Waals surface area contributed by atoms with Crippen molar-refractivity contribution in [2.75, 3.05) is 0 Å². The molecule has 1 aromatic carbocycles. The first-order chi connectivity index (χ1) is 5.24. The van der Waals surface area contributed by atoms with Crippen LogP contribution in [0.15, 0.2) is 23.3 Å². The van der Waals surface area contributed by atoms with Gasteiger partial charge in [0.1, 0.15) is 5.82 Å². The fourth-order valence-corrected chi connectivity index (χ4v) is 0.817. The molecule has 2 N–H and O–H groups in total. The molecule has 1 rings (SSSR count). The molecule has 0 aromatic heterocycles. The van der Waals surface area contributed by atoms with Crippen molar-refractivity contribution in [2.45, 2.75) is 6.92 Å². The first kappa shape index (κ1) is 7.72. The van der Waals surface area contributed by atoms with E-state index in [4.69, 9.17) is 5.84 Å². The van der Waals surface area contributed by atoms with Gasteiger partial charge in [0.05, 0.1) is 6.21 Å². The van der Waals surface area contributed by atoms with Crippen molar-refractivity contribution in [3.05, 3.63) is 35.1 Å². The standard InChI is InChI=1S/C8H9FN2/c1-6-2-3-7(5-11-10)8(9)4-6/h2-5H,10H2,1H3. The van der Waals surface area contributed by atoms with Crippen LogP contribution in [0, 0.1) is 12.7 Å². The lowest BCUT2D eigenvalue weighted by molar-refractivity contribution is 0.624. The molecule has 0 saturated carbocycles. The molecule has 0 radical (unpaired) electrons. The summed E-state index contributed by atoms with van der Waals surface area (Å²) in [6.07, 6.45) is 1.29. The van der Waals surface area contributed by atoms with Gasteiger partial charge in [-0.3, -0.25) is 0 Å². The summed E-state index contributed by atoms with van der Waals surface area (Å²) in [5.74, 6) is 4.58. The fraction of sp³-hybridized carbons (Fsp3) is 0.125. The van der Waals surface area contributed by atoms with E-state index in [1.54, 1.807) is 12.1 Å². The highest BCUT2D eigenvalue weighted by Crippen LogP contribution is 2.06. The third-order valence-corrected chi connectivity index (χ3v) is 1.37. The average molecular weight is 152 g/mol. The van der Waals surface area contributed by atoms with Gasteiger partial charge in [0.2, 0.25) is 0 Å². The molecule has 0 fully saturated rings. The summed E-state index contributed by atoms with van der Waals surface area (Å²) in [5, 5.41) is 3.23. The number of rotatable bonds is 1. The van der Waals surface area contributed by atoms with E-state index in [2.05, 4.69) is 5.10 Å². The van der Waals surface area contributed by atoms with Crippen molar-refractivity contribution < 1.29 is 4.39 Å². The van der Waals surface area contributed by atoms with Gasteiger partial charge in [-0.15, -0.1) is 0 Å². The van der Waals surface area contributed by atoms with Crippen LogP contribution in [-0.4, -0.2) is 6.21 Å². The summed E-state index contributed by atoms with van der Waals surface area (Å²) >= 11 is 0. The molecule has 0 bridgehead atoms. The van der Waals surface area contributed by atoms with Crippen molar-refractivity contribution in [2.24, 2.45) is 10.9 Å². The number of halogens is 1. The SMILES string of the molecule is Cc1ccc(C=NN)c(F)c1. The molecule has 0 aliphatic heterocycles. The monoisotopic (exact) mass is 152 g/mol. The van der Waals surface area contributed by atoms with Crippen molar-refractivity contribution >= 4 is 6.21 Å². The summed E-state index contributed by atoms with van der Waals surface area (Å²) in [7, 11) is 0. The number of hydrogen-bond acceptors (Lipinski definition) is 2. The molecule has 11 heavy (non-hydrogen) atoms. The molecular formula is C8H9FN2. The first-order valence-electron chi connectivity index (χ1n) is 3.23. The van der Waals surface area contributed by atoms with E-state index < -0.39 is 0 Å². The van der Waals surface area contributed by atoms with Crippen LogP contribution in [0.1, 0.15) is 11.1 Å². The molecule has 58 valence electrons. The maximum atomic E-state index is 12.9. The van der Waals surface area contributed by atoms with E-state index in [0.29, 0.717) is 5.56 Å². The Morgan fingerprint density at radius 3 is 2.82 bits per heavy atom. The Morgan fingerprint density at radius 2 is 2.27 bits per heavy atom. The second-order valence-electron chi connectivity index (χ2n) is 2.30. The predicted octanol–water partition coefficient (Wildman–Crippen LogP) is 1.43. The van der Waals surface area contributed by atoms with E-state index in [1.165, 1.54) is 12.3 Å². The lowest BCUT2D eigenvalue weighted by atomic mass is 10.1. The zero-order valence-corrected chi connectivity index (χ0v) is 6.21. The van der Waals surface area contributed by atoms with Gasteiger partial charge in [-0.2, -0.15) is 5.10 Å². The number of nitrogens with two attached hydrogens (primary N) is 1. The van der Waals surface area contributed by atoms with Gasteiger partial charge in [-0.25, -0.2) is 4.39 Å². The van der Waals surface area contributed by atoms with Crippen LogP contribution in [-0.2, 0) is 0 Å². The minimum Gasteiger partial charge on any atom is -0.323 e. The maximum Gasteiger partial charge on any atom is 0.132 e. The molecule has 2 nitrogen and oxygen atoms in total. The van der Waals surface area contributed by atoms with Gasteiger partial charge in [0, 0.05) is 5.56 Å². The minimum absolute atomic E-state index is 0.292. The topological polar surface area (TPSA) is 38.4 Å². The number of aryl methyl sites for hydroxylation is 1. The molecule has 0 aliphatic carbocycles. The Balaban J connectivity index is 3.09. The summed E-state index contributed by atoms with van der Waals surface area (Å²) in [4.78, 5) is 0. The van der Waals surface area contributed by atoms with Crippen molar-refractivity contribution in [3.8, 4) is 0 Å². The number of nitrogens with zero attached hydrogens (tertiary/aromatic N) is 1. The van der Waals surface area contributed by atoms with Crippen LogP contribution in [0.5, 0.6) is 0 Å². The van der Waals surface area contributed by atoms with E-state index in [0.717, 1.165) is 5.56 Å². The molecule has 0 saturated heterocycles. The Kier molecular flexibility index (Phi) is 2.21. The Labute approximate surface area is 64.5 Å². The quantitative estimate of drug-likeness (QED) is 0.369. The van der Waals surface area contributed by atoms with Crippen molar-refractivity contribution in [1.29, 1.82) is 0 Å². The first-order valence-corrected chi connectivity index (χ1v) is 3.23. The zero-order chi connectivity index (χ0) is 8.27. The average Bonchev–Trinajstić information content (AvgIpc) is 1.95. The van der Waals surface area contributed by atoms with Gasteiger partial charge in [-0.05, 0) is 18.6 Å². The smallest absolute Gasteiger partial charge is 0.132 e. The Bertz CT molecular complexity index is 281. The Hall–Kier alpha value is -1.38. The summed E-state index contributed by atoms with van der Waals surface area (Å²) in [6.45, 7) is 1.83. The minimum atomic E-state index is -0.292. The second-order valence-corrected chi connectivity index (χ2v) is 2.30. The molecule has 0 spiro atoms. The van der Waals surface area contributed by atoms with E-state index in [1.807, 2.05) is 6.92 Å². The second kappa shape index (κ2) is 3.14. The molecular weight excluding hydrogens is 143 g/mol. The van der Waals surface area contributed by atoms with Crippen molar-refractivity contribution in [3.63, 3.8) is 0 Å². The predicted molar refractivity (Wildman–Crippen MR) is 42.9 cm³/mol. The van der Waals surface area contributed by atoms with Crippen LogP contribution < -0.4 is 5.84 Å². The highest BCUT2D eigenvalue weighted by Gasteiger charge is 1.97. The molecule has 1 aromatic rings. The number of hydrazone groups is 1. The highest BCUT2D eigenvalue weighted by atomic mass is 19.1. The van der Waals surface area contributed by atoms with Gasteiger partial charge in [0.25, 0.3) is 0 Å². The molecule has 0 heterocycles. The number of benzene rings is 1. The third-order valence-electron chi connectivity index (χ3n) is 1.37. The zero-order valence-electron chi connectivity index (χ0n) is 6.21. The summed E-state index contributed by atoms with van der Waals surface area (Å²) in [6, 6.07) is 4.89. The van der Waals surface area contributed by atoms with E-state index in [-0.39, 0.29) is 5.82 Å². The maximum absolute atomic E-state index is 12.9. The van der Waals surface area contributed by atoms with Gasteiger partial charge in [0.15, 0.2) is 0 Å². The molecule has 3 heteroatoms. The fourth-order valence-electron chi connectivity index (χ4n) is 0.817. The Morgan fingerprint density at radius 1 is 1.55 bits per heavy atom. The van der Waals surface area contributed by atoms with Crippen LogP contribution in [0.2, 0.25) is 0 Å². The lowest BCUT2D eigenvalue weighted by Gasteiger charge is -1.95. The largest absolute Gasteiger partial charge is 0.323 e. The summed E-state index contributed by atoms with van der Waals surface area (Å²) in [5.41, 5.74) is 1.30.